The van der Waals surface area contributed by atoms with Gasteiger partial charge in [-0.1, -0.05) is 25.6 Å². The van der Waals surface area contributed by atoms with E-state index >= 15 is 0 Å². The average molecular weight is 368 g/mol. The van der Waals surface area contributed by atoms with Gasteiger partial charge in [0.15, 0.2) is 5.17 Å². The summed E-state index contributed by atoms with van der Waals surface area (Å²) >= 11 is 1.39. The van der Waals surface area contributed by atoms with Crippen molar-refractivity contribution in [2.45, 2.75) is 33.7 Å². The summed E-state index contributed by atoms with van der Waals surface area (Å²) < 4.78 is 1.94. The van der Waals surface area contributed by atoms with Gasteiger partial charge in [-0.05, 0) is 25.5 Å². The van der Waals surface area contributed by atoms with E-state index in [-0.39, 0.29) is 24.0 Å². The Balaban J connectivity index is 0.00000256. The number of rotatable bonds is 4. The first-order valence-corrected chi connectivity index (χ1v) is 6.69. The molecule has 0 fully saturated rings. The number of halogens is 1. The number of nitrogens with zero attached hydrogens (tertiary/aromatic N) is 2. The van der Waals surface area contributed by atoms with E-state index in [9.17, 15) is 0 Å². The van der Waals surface area contributed by atoms with E-state index in [1.54, 1.807) is 0 Å². The Bertz CT molecular complexity index is 362. The van der Waals surface area contributed by atoms with E-state index in [0.717, 1.165) is 24.5 Å². The molecule has 0 radical (unpaired) electrons. The lowest BCUT2D eigenvalue weighted by Crippen LogP contribution is -2.12. The molecule has 0 aliphatic rings. The fourth-order valence-corrected chi connectivity index (χ4v) is 1.57. The Morgan fingerprint density at radius 1 is 1.59 bits per heavy atom. The summed E-state index contributed by atoms with van der Waals surface area (Å²) in [5.41, 5.74) is 0.986. The zero-order chi connectivity index (χ0) is 12.1. The highest BCUT2D eigenvalue weighted by Crippen LogP contribution is 2.14. The maximum atomic E-state index is 7.61. The second-order valence-corrected chi connectivity index (χ2v) is 5.05. The van der Waals surface area contributed by atoms with Gasteiger partial charge in [0.2, 0.25) is 0 Å². The van der Waals surface area contributed by atoms with Gasteiger partial charge in [-0.2, -0.15) is 5.10 Å². The summed E-state index contributed by atoms with van der Waals surface area (Å²) in [5.74, 6) is 1.58. The molecule has 0 amide bonds. The quantitative estimate of drug-likeness (QED) is 0.485. The number of amidine groups is 1. The second-order valence-electron chi connectivity index (χ2n) is 4.23. The topological polar surface area (TPSA) is 53.7 Å². The van der Waals surface area contributed by atoms with Crippen molar-refractivity contribution in [1.29, 1.82) is 5.41 Å². The number of hydrogen-bond donors (Lipinski definition) is 2. The monoisotopic (exact) mass is 368 g/mol. The van der Waals surface area contributed by atoms with Crippen LogP contribution in [0.1, 0.15) is 26.0 Å². The second kappa shape index (κ2) is 7.97. The van der Waals surface area contributed by atoms with Gasteiger partial charge in [0.25, 0.3) is 0 Å². The summed E-state index contributed by atoms with van der Waals surface area (Å²) in [4.78, 5) is 0. The van der Waals surface area contributed by atoms with E-state index in [2.05, 4.69) is 24.3 Å². The minimum Gasteiger partial charge on any atom is -0.320 e. The number of aromatic nitrogens is 2. The maximum absolute atomic E-state index is 7.61. The van der Waals surface area contributed by atoms with Crippen LogP contribution >= 0.6 is 35.7 Å². The van der Waals surface area contributed by atoms with Gasteiger partial charge in [-0.3, -0.25) is 5.41 Å². The van der Waals surface area contributed by atoms with Gasteiger partial charge in [0, 0.05) is 12.6 Å². The standard InChI is InChI=1S/C11H20N4S.HI/c1-8(2)5-6-15-10(7-9(3)14-15)13-11(12)16-4;/h7-8H,5-6H2,1-4H3,(H2,12,13);1H. The van der Waals surface area contributed by atoms with Gasteiger partial charge < -0.3 is 5.32 Å². The molecule has 1 aromatic rings. The first-order chi connectivity index (χ1) is 7.52. The Labute approximate surface area is 124 Å². The van der Waals surface area contributed by atoms with Gasteiger partial charge in [0.05, 0.1) is 5.69 Å². The molecule has 0 aliphatic carbocycles. The molecule has 0 bridgehead atoms. The molecule has 0 spiro atoms. The van der Waals surface area contributed by atoms with E-state index in [1.807, 2.05) is 23.9 Å². The van der Waals surface area contributed by atoms with Crippen LogP contribution in [-0.4, -0.2) is 21.2 Å². The van der Waals surface area contributed by atoms with Crippen LogP contribution in [-0.2, 0) is 6.54 Å². The third-order valence-corrected chi connectivity index (χ3v) is 2.78. The molecular weight excluding hydrogens is 347 g/mol. The van der Waals surface area contributed by atoms with Crippen LogP contribution in [0.2, 0.25) is 0 Å². The van der Waals surface area contributed by atoms with Crippen LogP contribution in [0.3, 0.4) is 0 Å². The number of hydrogen-bond acceptors (Lipinski definition) is 3. The Morgan fingerprint density at radius 3 is 2.76 bits per heavy atom. The molecule has 0 aliphatic heterocycles. The molecule has 0 aromatic carbocycles. The molecule has 98 valence electrons. The van der Waals surface area contributed by atoms with Crippen LogP contribution in [0.5, 0.6) is 0 Å². The molecule has 1 rings (SSSR count). The molecule has 0 saturated carbocycles. The number of thioether (sulfide) groups is 1. The third kappa shape index (κ3) is 5.76. The Morgan fingerprint density at radius 2 is 2.24 bits per heavy atom. The SMILES string of the molecule is CSC(=N)Nc1cc(C)nn1CCC(C)C.I. The van der Waals surface area contributed by atoms with Crippen molar-refractivity contribution in [3.05, 3.63) is 11.8 Å². The maximum Gasteiger partial charge on any atom is 0.159 e. The first-order valence-electron chi connectivity index (χ1n) is 5.47. The number of aryl methyl sites for hydroxylation is 2. The van der Waals surface area contributed by atoms with Crippen LogP contribution in [0.4, 0.5) is 5.82 Å². The van der Waals surface area contributed by atoms with Crippen LogP contribution in [0.25, 0.3) is 0 Å². The summed E-state index contributed by atoms with van der Waals surface area (Å²) in [7, 11) is 0. The smallest absolute Gasteiger partial charge is 0.159 e. The number of nitrogens with one attached hydrogen (secondary N) is 2. The summed E-state index contributed by atoms with van der Waals surface area (Å²) in [6.07, 6.45) is 2.99. The van der Waals surface area contributed by atoms with Gasteiger partial charge in [0.1, 0.15) is 5.82 Å². The van der Waals surface area contributed by atoms with Crippen molar-refractivity contribution < 1.29 is 0 Å². The van der Waals surface area contributed by atoms with Gasteiger partial charge in [-0.15, -0.1) is 24.0 Å². The lowest BCUT2D eigenvalue weighted by molar-refractivity contribution is 0.489. The van der Waals surface area contributed by atoms with Gasteiger partial charge >= 0.3 is 0 Å². The van der Waals surface area contributed by atoms with E-state index in [0.29, 0.717) is 11.1 Å². The highest BCUT2D eigenvalue weighted by Gasteiger charge is 2.07. The Kier molecular flexibility index (Phi) is 7.85. The van der Waals surface area contributed by atoms with Crippen molar-refractivity contribution in [3.63, 3.8) is 0 Å². The largest absolute Gasteiger partial charge is 0.320 e. The molecule has 1 aromatic heterocycles. The van der Waals surface area contributed by atoms with Crippen LogP contribution < -0.4 is 5.32 Å². The molecular formula is C11H21IN4S. The van der Waals surface area contributed by atoms with E-state index < -0.39 is 0 Å². The summed E-state index contributed by atoms with van der Waals surface area (Å²) in [6.45, 7) is 7.27. The Hall–Kier alpha value is -0.240. The molecule has 17 heavy (non-hydrogen) atoms. The van der Waals surface area contributed by atoms with E-state index in [1.165, 1.54) is 11.8 Å². The van der Waals surface area contributed by atoms with E-state index in [4.69, 9.17) is 5.41 Å². The van der Waals surface area contributed by atoms with Gasteiger partial charge in [-0.25, -0.2) is 4.68 Å². The lowest BCUT2D eigenvalue weighted by atomic mass is 10.1. The normalized spacial score (nSPS) is 10.2. The molecule has 6 heteroatoms. The zero-order valence-electron chi connectivity index (χ0n) is 10.8. The molecule has 1 heterocycles. The van der Waals surface area contributed by atoms with Crippen molar-refractivity contribution in [1.82, 2.24) is 9.78 Å². The summed E-state index contributed by atoms with van der Waals surface area (Å²) in [5, 5.41) is 15.5. The van der Waals surface area contributed by atoms with Crippen LogP contribution in [0, 0.1) is 18.3 Å². The molecule has 0 atom stereocenters. The number of anilines is 1. The highest BCUT2D eigenvalue weighted by atomic mass is 127. The lowest BCUT2D eigenvalue weighted by Gasteiger charge is -2.10. The van der Waals surface area contributed by atoms with Crippen molar-refractivity contribution in [2.75, 3.05) is 11.6 Å². The first kappa shape index (κ1) is 16.8. The fourth-order valence-electron chi connectivity index (χ4n) is 1.36. The predicted octanol–water partition coefficient (Wildman–Crippen LogP) is 3.57. The minimum atomic E-state index is 0. The summed E-state index contributed by atoms with van der Waals surface area (Å²) in [6, 6.07) is 1.98. The van der Waals surface area contributed by atoms with Crippen LogP contribution in [0.15, 0.2) is 6.07 Å². The highest BCUT2D eigenvalue weighted by molar-refractivity contribution is 14.0. The minimum absolute atomic E-state index is 0. The third-order valence-electron chi connectivity index (χ3n) is 2.27. The fraction of sp³-hybridized carbons (Fsp3) is 0.636. The molecule has 2 N–H and O–H groups in total. The predicted molar refractivity (Wildman–Crippen MR) is 86.7 cm³/mol. The molecule has 4 nitrogen and oxygen atoms in total. The van der Waals surface area contributed by atoms with Crippen molar-refractivity contribution in [2.24, 2.45) is 5.92 Å². The molecule has 0 unspecified atom stereocenters. The zero-order valence-corrected chi connectivity index (χ0v) is 13.9. The van der Waals surface area contributed by atoms with Crippen molar-refractivity contribution >= 4 is 46.7 Å². The average Bonchev–Trinajstić information content (AvgIpc) is 2.55. The molecule has 0 saturated heterocycles. The van der Waals surface area contributed by atoms with Crippen molar-refractivity contribution in [3.8, 4) is 0 Å².